The summed E-state index contributed by atoms with van der Waals surface area (Å²) in [6.45, 7) is 17.7. The summed E-state index contributed by atoms with van der Waals surface area (Å²) in [7, 11) is 0. The Balaban J connectivity index is 2.12. The van der Waals surface area contributed by atoms with Crippen molar-refractivity contribution in [2.24, 2.45) is 16.3 Å². The van der Waals surface area contributed by atoms with Crippen molar-refractivity contribution in [3.05, 3.63) is 44.5 Å². The van der Waals surface area contributed by atoms with E-state index in [0.717, 1.165) is 33.9 Å². The zero-order valence-corrected chi connectivity index (χ0v) is 17.8. The topological polar surface area (TPSA) is 46.7 Å². The van der Waals surface area contributed by atoms with Crippen molar-refractivity contribution in [1.82, 2.24) is 9.38 Å². The van der Waals surface area contributed by atoms with Crippen LogP contribution in [0.15, 0.2) is 22.1 Å². The highest BCUT2D eigenvalue weighted by Crippen LogP contribution is 2.47. The van der Waals surface area contributed by atoms with Gasteiger partial charge in [-0.2, -0.15) is 4.98 Å². The Labute approximate surface area is 161 Å². The van der Waals surface area contributed by atoms with E-state index >= 15 is 0 Å². The van der Waals surface area contributed by atoms with Crippen molar-refractivity contribution in [3.8, 4) is 0 Å². The standard InChI is InChI=1S/C23H31N3O/c1-13-11-14-15(24-17(13)21(2,3)4)9-10-26-18-16(20(27)25-19(14)26)22(5,6)12-23(18,7)8/h9-11,13,17H,12H2,1-8H3. The predicted molar refractivity (Wildman–Crippen MR) is 110 cm³/mol. The number of rotatable bonds is 0. The molecule has 2 atom stereocenters. The van der Waals surface area contributed by atoms with E-state index in [2.05, 4.69) is 83.1 Å². The Morgan fingerprint density at radius 3 is 2.44 bits per heavy atom. The molecule has 0 spiro atoms. The average Bonchev–Trinajstić information content (AvgIpc) is 2.71. The van der Waals surface area contributed by atoms with Crippen LogP contribution in [0, 0.1) is 11.3 Å². The van der Waals surface area contributed by atoms with Crippen LogP contribution in [0.1, 0.15) is 73.1 Å². The first kappa shape index (κ1) is 18.4. The first-order valence-corrected chi connectivity index (χ1v) is 9.99. The fourth-order valence-corrected chi connectivity index (χ4v) is 5.65. The molecular formula is C23H31N3O. The second-order valence-corrected chi connectivity index (χ2v) is 10.9. The highest BCUT2D eigenvalue weighted by molar-refractivity contribution is 5.53. The zero-order valence-electron chi connectivity index (χ0n) is 17.8. The molecule has 2 unspecified atom stereocenters. The Morgan fingerprint density at radius 1 is 1.15 bits per heavy atom. The SMILES string of the molecule is CC1C=c2c(ccn3c4c(c(=O)nc23)C(C)(C)CC4(C)C)=NC1C(C)(C)C. The average molecular weight is 366 g/mol. The van der Waals surface area contributed by atoms with E-state index in [1.165, 1.54) is 0 Å². The maximum absolute atomic E-state index is 13.1. The minimum Gasteiger partial charge on any atom is -0.304 e. The number of hydrogen-bond acceptors (Lipinski definition) is 3. The third-order valence-electron chi connectivity index (χ3n) is 6.32. The summed E-state index contributed by atoms with van der Waals surface area (Å²) in [4.78, 5) is 22.7. The molecule has 0 saturated carbocycles. The lowest BCUT2D eigenvalue weighted by molar-refractivity contribution is 0.278. The van der Waals surface area contributed by atoms with Gasteiger partial charge < -0.3 is 4.40 Å². The van der Waals surface area contributed by atoms with Gasteiger partial charge in [-0.15, -0.1) is 0 Å². The molecule has 0 amide bonds. The maximum Gasteiger partial charge on any atom is 0.277 e. The third kappa shape index (κ3) is 2.60. The van der Waals surface area contributed by atoms with Crippen LogP contribution in [0.2, 0.25) is 0 Å². The lowest BCUT2D eigenvalue weighted by Crippen LogP contribution is -2.43. The van der Waals surface area contributed by atoms with Gasteiger partial charge in [0, 0.05) is 28.1 Å². The van der Waals surface area contributed by atoms with E-state index in [1.807, 2.05) is 0 Å². The highest BCUT2D eigenvalue weighted by atomic mass is 16.1. The van der Waals surface area contributed by atoms with E-state index in [9.17, 15) is 4.79 Å². The molecule has 4 rings (SSSR count). The van der Waals surface area contributed by atoms with Crippen LogP contribution in [-0.2, 0) is 10.8 Å². The number of aromatic nitrogens is 2. The fraction of sp³-hybridized carbons (Fsp3) is 0.609. The van der Waals surface area contributed by atoms with Crippen molar-refractivity contribution < 1.29 is 0 Å². The summed E-state index contributed by atoms with van der Waals surface area (Å²) >= 11 is 0. The van der Waals surface area contributed by atoms with E-state index in [4.69, 9.17) is 4.99 Å². The minimum absolute atomic E-state index is 0.0660. The summed E-state index contributed by atoms with van der Waals surface area (Å²) in [5.41, 5.74) is 2.54. The summed E-state index contributed by atoms with van der Waals surface area (Å²) in [5, 5.41) is 1.96. The molecule has 2 aromatic rings. The van der Waals surface area contributed by atoms with E-state index in [0.29, 0.717) is 5.92 Å². The van der Waals surface area contributed by atoms with Gasteiger partial charge in [0.25, 0.3) is 5.56 Å². The Bertz CT molecular complexity index is 1130. The smallest absolute Gasteiger partial charge is 0.277 e. The van der Waals surface area contributed by atoms with Gasteiger partial charge in [0.05, 0.1) is 11.4 Å². The normalized spacial score (nSPS) is 25.5. The van der Waals surface area contributed by atoms with Gasteiger partial charge in [-0.1, -0.05) is 61.5 Å². The quantitative estimate of drug-likeness (QED) is 0.720. The second-order valence-electron chi connectivity index (χ2n) is 10.9. The van der Waals surface area contributed by atoms with E-state index in [1.54, 1.807) is 0 Å². The molecule has 0 bridgehead atoms. The Hall–Kier alpha value is -1.97. The van der Waals surface area contributed by atoms with E-state index in [-0.39, 0.29) is 27.8 Å². The molecule has 27 heavy (non-hydrogen) atoms. The van der Waals surface area contributed by atoms with Gasteiger partial charge >= 0.3 is 0 Å². The van der Waals surface area contributed by atoms with Gasteiger partial charge in [0.15, 0.2) is 0 Å². The summed E-state index contributed by atoms with van der Waals surface area (Å²) in [6, 6.07) is 2.32. The molecule has 144 valence electrons. The van der Waals surface area contributed by atoms with Crippen molar-refractivity contribution in [1.29, 1.82) is 0 Å². The molecule has 2 aliphatic rings. The number of fused-ring (bicyclic) bond motifs is 5. The third-order valence-corrected chi connectivity index (χ3v) is 6.32. The molecular weight excluding hydrogens is 334 g/mol. The van der Waals surface area contributed by atoms with Crippen molar-refractivity contribution in [2.45, 2.75) is 78.7 Å². The number of pyridine rings is 1. The van der Waals surface area contributed by atoms with Gasteiger partial charge in [-0.05, 0) is 29.2 Å². The van der Waals surface area contributed by atoms with Gasteiger partial charge in [-0.3, -0.25) is 9.79 Å². The highest BCUT2D eigenvalue weighted by Gasteiger charge is 2.46. The first-order chi connectivity index (χ1) is 12.3. The van der Waals surface area contributed by atoms with Crippen LogP contribution < -0.4 is 16.1 Å². The van der Waals surface area contributed by atoms with Gasteiger partial charge in [-0.25, -0.2) is 0 Å². The van der Waals surface area contributed by atoms with Gasteiger partial charge in [0.1, 0.15) is 5.65 Å². The second kappa shape index (κ2) is 5.30. The summed E-state index contributed by atoms with van der Waals surface area (Å²) < 4.78 is 2.15. The summed E-state index contributed by atoms with van der Waals surface area (Å²) in [6.07, 6.45) is 5.28. The molecule has 4 nitrogen and oxygen atoms in total. The van der Waals surface area contributed by atoms with Crippen molar-refractivity contribution >= 4 is 11.7 Å². The molecule has 4 heteroatoms. The lowest BCUT2D eigenvalue weighted by atomic mass is 9.79. The van der Waals surface area contributed by atoms with Crippen LogP contribution in [-0.4, -0.2) is 15.4 Å². The first-order valence-electron chi connectivity index (χ1n) is 9.99. The van der Waals surface area contributed by atoms with Crippen LogP contribution in [0.3, 0.4) is 0 Å². The molecule has 3 heterocycles. The Kier molecular flexibility index (Phi) is 3.61. The number of hydrogen-bond donors (Lipinski definition) is 0. The molecule has 0 saturated heterocycles. The van der Waals surface area contributed by atoms with Gasteiger partial charge in [0.2, 0.25) is 0 Å². The summed E-state index contributed by atoms with van der Waals surface area (Å²) in [5.74, 6) is 0.304. The Morgan fingerprint density at radius 2 is 1.81 bits per heavy atom. The zero-order chi connectivity index (χ0) is 19.9. The minimum atomic E-state index is -0.154. The molecule has 1 aliphatic carbocycles. The molecule has 0 fully saturated rings. The van der Waals surface area contributed by atoms with Crippen LogP contribution in [0.4, 0.5) is 0 Å². The molecule has 0 radical (unpaired) electrons. The lowest BCUT2D eigenvalue weighted by Gasteiger charge is -2.32. The maximum atomic E-state index is 13.1. The van der Waals surface area contributed by atoms with Crippen LogP contribution >= 0.6 is 0 Å². The predicted octanol–water partition coefficient (Wildman–Crippen LogP) is 3.12. The van der Waals surface area contributed by atoms with Crippen LogP contribution in [0.5, 0.6) is 0 Å². The van der Waals surface area contributed by atoms with Crippen LogP contribution in [0.25, 0.3) is 11.7 Å². The number of nitrogens with zero attached hydrogens (tertiary/aromatic N) is 3. The molecule has 0 aromatic carbocycles. The van der Waals surface area contributed by atoms with E-state index < -0.39 is 0 Å². The monoisotopic (exact) mass is 365 g/mol. The van der Waals surface area contributed by atoms with Crippen molar-refractivity contribution in [2.75, 3.05) is 0 Å². The molecule has 1 aliphatic heterocycles. The molecule has 2 aromatic heterocycles. The largest absolute Gasteiger partial charge is 0.304 e. The molecule has 0 N–H and O–H groups in total. The fourth-order valence-electron chi connectivity index (χ4n) is 5.65. The van der Waals surface area contributed by atoms with Crippen molar-refractivity contribution in [3.63, 3.8) is 0 Å².